The normalized spacial score (nSPS) is 18.5. The van der Waals surface area contributed by atoms with Crippen LogP contribution in [0.4, 0.5) is 5.82 Å². The summed E-state index contributed by atoms with van der Waals surface area (Å²) in [6.07, 6.45) is 3.14. The molecule has 0 aliphatic carbocycles. The van der Waals surface area contributed by atoms with Crippen LogP contribution >= 0.6 is 7.94 Å². The molecular formula is C16H19N5O4P+. The Labute approximate surface area is 149 Å². The molecule has 0 radical (unpaired) electrons. The highest BCUT2D eigenvalue weighted by Gasteiger charge is 2.38. The van der Waals surface area contributed by atoms with Gasteiger partial charge in [0.15, 0.2) is 5.30 Å². The van der Waals surface area contributed by atoms with E-state index in [0.717, 1.165) is 0 Å². The standard InChI is InChI=1S/C16H19N5O4P/c1-10-9-25-7-6-21(10)14-8-13(26(22,23)24)11-2-4-17-16(15(11)19-14)12-3-5-18-20-12/h2-5,8,10,22-24H,6-7,9H2,1H3,(H,18,20)/q+1/t10-/m1/s1. The van der Waals surface area contributed by atoms with Crippen molar-refractivity contribution in [3.8, 4) is 11.4 Å². The topological polar surface area (TPSA) is 128 Å². The van der Waals surface area contributed by atoms with Crippen molar-refractivity contribution in [2.24, 2.45) is 0 Å². The Hall–Kier alpha value is -2.16. The van der Waals surface area contributed by atoms with Crippen molar-refractivity contribution in [3.05, 3.63) is 30.6 Å². The number of ether oxygens (including phenoxy) is 1. The van der Waals surface area contributed by atoms with Gasteiger partial charge in [-0.25, -0.2) is 4.98 Å². The van der Waals surface area contributed by atoms with E-state index in [9.17, 15) is 14.7 Å². The van der Waals surface area contributed by atoms with E-state index in [1.54, 1.807) is 18.3 Å². The molecule has 9 nitrogen and oxygen atoms in total. The van der Waals surface area contributed by atoms with Crippen LogP contribution in [0.15, 0.2) is 30.6 Å². The lowest BCUT2D eigenvalue weighted by Crippen LogP contribution is -2.44. The molecule has 0 aromatic carbocycles. The third-order valence-corrected chi connectivity index (χ3v) is 5.45. The Bertz CT molecular complexity index is 928. The molecule has 26 heavy (non-hydrogen) atoms. The zero-order valence-corrected chi connectivity index (χ0v) is 15.0. The van der Waals surface area contributed by atoms with Crippen LogP contribution in [-0.4, -0.2) is 60.6 Å². The van der Waals surface area contributed by atoms with E-state index in [2.05, 4.69) is 15.2 Å². The number of H-pyrrole nitrogens is 1. The van der Waals surface area contributed by atoms with Crippen LogP contribution in [0.5, 0.6) is 0 Å². The van der Waals surface area contributed by atoms with Gasteiger partial charge in [-0.2, -0.15) is 19.8 Å². The van der Waals surface area contributed by atoms with Crippen LogP contribution in [-0.2, 0) is 4.74 Å². The van der Waals surface area contributed by atoms with Crippen molar-refractivity contribution in [3.63, 3.8) is 0 Å². The predicted octanol–water partition coefficient (Wildman–Crippen LogP) is 0.610. The second kappa shape index (κ2) is 6.53. The van der Waals surface area contributed by atoms with Crippen molar-refractivity contribution in [2.45, 2.75) is 13.0 Å². The number of rotatable bonds is 3. The minimum atomic E-state index is -4.26. The van der Waals surface area contributed by atoms with Crippen molar-refractivity contribution in [1.29, 1.82) is 0 Å². The molecule has 0 spiro atoms. The smallest absolute Gasteiger partial charge is 0.377 e. The molecule has 3 aromatic heterocycles. The summed E-state index contributed by atoms with van der Waals surface area (Å²) in [6, 6.07) is 4.97. The Morgan fingerprint density at radius 2 is 2.12 bits per heavy atom. The van der Waals surface area contributed by atoms with Gasteiger partial charge in [0.2, 0.25) is 0 Å². The van der Waals surface area contributed by atoms with Crippen LogP contribution < -0.4 is 10.2 Å². The second-order valence-corrected chi connectivity index (χ2v) is 7.83. The van der Waals surface area contributed by atoms with Gasteiger partial charge in [0.25, 0.3) is 0 Å². The van der Waals surface area contributed by atoms with Gasteiger partial charge < -0.3 is 9.64 Å². The molecule has 1 saturated heterocycles. The molecule has 4 rings (SSSR count). The summed E-state index contributed by atoms with van der Waals surface area (Å²) >= 11 is 0. The lowest BCUT2D eigenvalue weighted by atomic mass is 10.1. The van der Waals surface area contributed by atoms with Gasteiger partial charge in [-0.15, -0.1) is 0 Å². The predicted molar refractivity (Wildman–Crippen MR) is 98.0 cm³/mol. The molecule has 0 bridgehead atoms. The number of hydrogen-bond donors (Lipinski definition) is 4. The van der Waals surface area contributed by atoms with Crippen LogP contribution in [0.3, 0.4) is 0 Å². The highest BCUT2D eigenvalue weighted by Crippen LogP contribution is 2.46. The van der Waals surface area contributed by atoms with E-state index in [-0.39, 0.29) is 11.3 Å². The molecule has 0 unspecified atom stereocenters. The van der Waals surface area contributed by atoms with E-state index < -0.39 is 7.94 Å². The zero-order valence-electron chi connectivity index (χ0n) is 14.1. The number of morpholine rings is 1. The van der Waals surface area contributed by atoms with Crippen LogP contribution in [0.2, 0.25) is 0 Å². The fraction of sp³-hybridized carbons (Fsp3) is 0.312. The lowest BCUT2D eigenvalue weighted by Gasteiger charge is -2.34. The molecule has 1 aliphatic rings. The first kappa shape index (κ1) is 17.3. The van der Waals surface area contributed by atoms with E-state index in [4.69, 9.17) is 9.72 Å². The first-order valence-corrected chi connectivity index (χ1v) is 9.81. The van der Waals surface area contributed by atoms with Crippen LogP contribution in [0, 0.1) is 0 Å². The molecule has 10 heteroatoms. The van der Waals surface area contributed by atoms with Gasteiger partial charge in [0.1, 0.15) is 17.0 Å². The number of nitrogens with one attached hydrogen (secondary N) is 1. The largest absolute Gasteiger partial charge is 0.441 e. The fourth-order valence-electron chi connectivity index (χ4n) is 3.17. The van der Waals surface area contributed by atoms with Gasteiger partial charge in [-0.05, 0) is 19.1 Å². The van der Waals surface area contributed by atoms with Gasteiger partial charge in [-0.1, -0.05) is 0 Å². The number of aromatic amines is 1. The third kappa shape index (κ3) is 3.04. The second-order valence-electron chi connectivity index (χ2n) is 6.21. The summed E-state index contributed by atoms with van der Waals surface area (Å²) in [4.78, 5) is 41.1. The summed E-state index contributed by atoms with van der Waals surface area (Å²) < 4.78 is 5.46. The summed E-state index contributed by atoms with van der Waals surface area (Å²) in [5, 5.41) is 7.28. The average molecular weight is 376 g/mol. The number of nitrogens with zero attached hydrogens (tertiary/aromatic N) is 4. The van der Waals surface area contributed by atoms with Crippen LogP contribution in [0.1, 0.15) is 6.92 Å². The van der Waals surface area contributed by atoms with E-state index in [1.807, 2.05) is 11.8 Å². The molecule has 0 saturated carbocycles. The number of anilines is 1. The molecule has 4 heterocycles. The number of pyridine rings is 2. The molecule has 3 aromatic rings. The Kier molecular flexibility index (Phi) is 4.34. The molecule has 136 valence electrons. The van der Waals surface area contributed by atoms with Gasteiger partial charge in [-0.3, -0.25) is 10.1 Å². The summed E-state index contributed by atoms with van der Waals surface area (Å²) in [6.45, 7) is 3.72. The maximum Gasteiger partial charge on any atom is 0.441 e. The first-order valence-electron chi connectivity index (χ1n) is 8.17. The van der Waals surface area contributed by atoms with Crippen LogP contribution in [0.25, 0.3) is 22.3 Å². The van der Waals surface area contributed by atoms with E-state index in [0.29, 0.717) is 47.9 Å². The third-order valence-electron chi connectivity index (χ3n) is 4.43. The van der Waals surface area contributed by atoms with E-state index >= 15 is 0 Å². The molecular weight excluding hydrogens is 357 g/mol. The van der Waals surface area contributed by atoms with Gasteiger partial charge >= 0.3 is 7.94 Å². The monoisotopic (exact) mass is 376 g/mol. The number of aromatic nitrogens is 4. The quantitative estimate of drug-likeness (QED) is 0.490. The molecule has 0 amide bonds. The fourth-order valence-corrected chi connectivity index (χ4v) is 3.96. The van der Waals surface area contributed by atoms with Gasteiger partial charge in [0, 0.05) is 25.0 Å². The SMILES string of the molecule is C[C@@H]1COCCN1c1cc([P+](O)(O)O)c2ccnc(-c3ccn[nH]3)c2n1. The summed E-state index contributed by atoms with van der Waals surface area (Å²) in [7, 11) is -4.26. The maximum atomic E-state index is 10.0. The highest BCUT2D eigenvalue weighted by atomic mass is 31.2. The Morgan fingerprint density at radius 3 is 2.81 bits per heavy atom. The molecule has 1 aliphatic heterocycles. The van der Waals surface area contributed by atoms with Gasteiger partial charge in [0.05, 0.1) is 30.3 Å². The summed E-state index contributed by atoms with van der Waals surface area (Å²) in [5.41, 5.74) is 1.64. The minimum absolute atomic E-state index is 0.0550. The number of hydrogen-bond acceptors (Lipinski definition) is 8. The van der Waals surface area contributed by atoms with Crippen molar-refractivity contribution >= 4 is 30.0 Å². The lowest BCUT2D eigenvalue weighted by molar-refractivity contribution is 0.0986. The molecule has 1 atom stereocenters. The highest BCUT2D eigenvalue weighted by molar-refractivity contribution is 7.67. The maximum absolute atomic E-state index is 10.0. The minimum Gasteiger partial charge on any atom is -0.377 e. The summed E-state index contributed by atoms with van der Waals surface area (Å²) in [5.74, 6) is 0.540. The van der Waals surface area contributed by atoms with Crippen molar-refractivity contribution < 1.29 is 19.4 Å². The zero-order chi connectivity index (χ0) is 18.3. The Balaban J connectivity index is 1.98. The first-order chi connectivity index (χ1) is 12.4. The number of fused-ring (bicyclic) bond motifs is 1. The van der Waals surface area contributed by atoms with Crippen molar-refractivity contribution in [1.82, 2.24) is 20.2 Å². The molecule has 1 fully saturated rings. The van der Waals surface area contributed by atoms with E-state index in [1.165, 1.54) is 12.3 Å². The van der Waals surface area contributed by atoms with Crippen molar-refractivity contribution in [2.75, 3.05) is 24.7 Å². The Morgan fingerprint density at radius 1 is 1.27 bits per heavy atom. The molecule has 4 N–H and O–H groups in total. The average Bonchev–Trinajstić information content (AvgIpc) is 3.14.